The lowest BCUT2D eigenvalue weighted by atomic mass is 9.82. The van der Waals surface area contributed by atoms with Crippen LogP contribution < -0.4 is 5.32 Å². The molecule has 2 aromatic heterocycles. The molecule has 3 heterocycles. The lowest BCUT2D eigenvalue weighted by Gasteiger charge is -2.24. The van der Waals surface area contributed by atoms with Gasteiger partial charge in [0.05, 0.1) is 17.4 Å². The van der Waals surface area contributed by atoms with E-state index in [0.717, 1.165) is 28.8 Å². The van der Waals surface area contributed by atoms with Crippen LogP contribution in [0.15, 0.2) is 24.5 Å². The zero-order chi connectivity index (χ0) is 15.9. The minimum Gasteiger partial charge on any atom is -0.459 e. The molecule has 22 heavy (non-hydrogen) atoms. The number of fused-ring (bicyclic) bond motifs is 3. The van der Waals surface area contributed by atoms with Gasteiger partial charge in [-0.3, -0.25) is 0 Å². The number of rotatable bonds is 2. The molecule has 5 nitrogen and oxygen atoms in total. The van der Waals surface area contributed by atoms with Crippen molar-refractivity contribution in [1.82, 2.24) is 15.3 Å². The predicted molar refractivity (Wildman–Crippen MR) is 86.3 cm³/mol. The molecule has 0 spiro atoms. The number of hydrogen-bond acceptors (Lipinski definition) is 4. The second-order valence-electron chi connectivity index (χ2n) is 6.55. The third-order valence-corrected chi connectivity index (χ3v) is 3.87. The summed E-state index contributed by atoms with van der Waals surface area (Å²) in [4.78, 5) is 20.1. The maximum Gasteiger partial charge on any atom is 0.342 e. The zero-order valence-electron chi connectivity index (χ0n) is 13.4. The standard InChI is InChI=1S/C17H21N3O2/c1-10(2)22-16(21)12-8-18-9-17(3,4)13-11-6-5-7-19-15(11)20-14(12)13/h5-8,10,18H,9H2,1-4H3,(H,19,20). The van der Waals surface area contributed by atoms with Crippen LogP contribution in [-0.2, 0) is 14.9 Å². The van der Waals surface area contributed by atoms with Crippen molar-refractivity contribution in [2.24, 2.45) is 0 Å². The van der Waals surface area contributed by atoms with Crippen LogP contribution in [0, 0.1) is 0 Å². The van der Waals surface area contributed by atoms with Gasteiger partial charge in [-0.25, -0.2) is 9.78 Å². The highest BCUT2D eigenvalue weighted by atomic mass is 16.5. The summed E-state index contributed by atoms with van der Waals surface area (Å²) in [5, 5.41) is 4.29. The fraction of sp³-hybridized carbons (Fsp3) is 0.412. The Kier molecular flexibility index (Phi) is 3.43. The summed E-state index contributed by atoms with van der Waals surface area (Å²) in [6.07, 6.45) is 3.34. The average Bonchev–Trinajstić information content (AvgIpc) is 2.76. The molecule has 0 bridgehead atoms. The molecule has 5 heteroatoms. The lowest BCUT2D eigenvalue weighted by Crippen LogP contribution is -2.29. The van der Waals surface area contributed by atoms with Crippen LogP contribution in [0.1, 0.15) is 39.0 Å². The van der Waals surface area contributed by atoms with Crippen LogP contribution in [0.25, 0.3) is 16.6 Å². The summed E-state index contributed by atoms with van der Waals surface area (Å²) >= 11 is 0. The summed E-state index contributed by atoms with van der Waals surface area (Å²) in [7, 11) is 0. The van der Waals surface area contributed by atoms with Gasteiger partial charge in [-0.05, 0) is 31.5 Å². The largest absolute Gasteiger partial charge is 0.459 e. The lowest BCUT2D eigenvalue weighted by molar-refractivity contribution is -0.140. The first-order valence-corrected chi connectivity index (χ1v) is 7.52. The highest BCUT2D eigenvalue weighted by Gasteiger charge is 2.33. The monoisotopic (exact) mass is 299 g/mol. The fourth-order valence-corrected chi connectivity index (χ4v) is 2.93. The molecule has 0 atom stereocenters. The number of carbonyl (C=O) groups is 1. The van der Waals surface area contributed by atoms with Gasteiger partial charge in [0.25, 0.3) is 0 Å². The molecule has 2 N–H and O–H groups in total. The van der Waals surface area contributed by atoms with Crippen molar-refractivity contribution in [2.45, 2.75) is 39.2 Å². The van der Waals surface area contributed by atoms with E-state index in [-0.39, 0.29) is 17.5 Å². The highest BCUT2D eigenvalue weighted by molar-refractivity contribution is 6.17. The smallest absolute Gasteiger partial charge is 0.342 e. The van der Waals surface area contributed by atoms with Crippen molar-refractivity contribution in [3.8, 4) is 0 Å². The quantitative estimate of drug-likeness (QED) is 0.837. The molecule has 1 aliphatic heterocycles. The Morgan fingerprint density at radius 3 is 2.91 bits per heavy atom. The first-order valence-electron chi connectivity index (χ1n) is 7.52. The summed E-state index contributed by atoms with van der Waals surface area (Å²) in [5.74, 6) is -0.326. The molecule has 116 valence electrons. The predicted octanol–water partition coefficient (Wildman–Crippen LogP) is 2.74. The Morgan fingerprint density at radius 1 is 1.41 bits per heavy atom. The maximum atomic E-state index is 12.4. The van der Waals surface area contributed by atoms with E-state index >= 15 is 0 Å². The van der Waals surface area contributed by atoms with Gasteiger partial charge in [0.2, 0.25) is 0 Å². The van der Waals surface area contributed by atoms with Crippen LogP contribution in [0.5, 0.6) is 0 Å². The molecule has 1 aliphatic rings. The second-order valence-corrected chi connectivity index (χ2v) is 6.55. The Bertz CT molecular complexity index is 756. The summed E-state index contributed by atoms with van der Waals surface area (Å²) in [6.45, 7) is 8.74. The number of ether oxygens (including phenoxy) is 1. The molecule has 0 saturated heterocycles. The summed E-state index contributed by atoms with van der Waals surface area (Å²) in [5.41, 5.74) is 3.09. The number of aromatic amines is 1. The molecule has 2 aromatic rings. The van der Waals surface area contributed by atoms with Gasteiger partial charge in [-0.15, -0.1) is 0 Å². The molecule has 3 rings (SSSR count). The van der Waals surface area contributed by atoms with Gasteiger partial charge in [0, 0.05) is 29.7 Å². The van der Waals surface area contributed by atoms with Gasteiger partial charge in [0.1, 0.15) is 5.65 Å². The Labute approximate surface area is 129 Å². The number of carbonyl (C=O) groups excluding carboxylic acids is 1. The van der Waals surface area contributed by atoms with Crippen molar-refractivity contribution in [2.75, 3.05) is 6.54 Å². The van der Waals surface area contributed by atoms with Crippen molar-refractivity contribution < 1.29 is 9.53 Å². The third kappa shape index (κ3) is 2.36. The minimum absolute atomic E-state index is 0.132. The molecular weight excluding hydrogens is 278 g/mol. The van der Waals surface area contributed by atoms with Crippen LogP contribution in [-0.4, -0.2) is 28.6 Å². The highest BCUT2D eigenvalue weighted by Crippen LogP contribution is 2.37. The van der Waals surface area contributed by atoms with Gasteiger partial charge >= 0.3 is 5.97 Å². The SMILES string of the molecule is CC(C)OC(=O)C1=CNCC(C)(C)c2c1[nH]c1ncccc21. The van der Waals surface area contributed by atoms with Crippen LogP contribution in [0.3, 0.4) is 0 Å². The number of nitrogens with one attached hydrogen (secondary N) is 2. The average molecular weight is 299 g/mol. The number of nitrogens with zero attached hydrogens (tertiary/aromatic N) is 1. The Balaban J connectivity index is 2.20. The van der Waals surface area contributed by atoms with Crippen molar-refractivity contribution >= 4 is 22.6 Å². The summed E-state index contributed by atoms with van der Waals surface area (Å²) < 4.78 is 5.38. The zero-order valence-corrected chi connectivity index (χ0v) is 13.4. The second kappa shape index (κ2) is 5.16. The summed E-state index contributed by atoms with van der Waals surface area (Å²) in [6, 6.07) is 3.96. The Hall–Kier alpha value is -2.30. The van der Waals surface area contributed by atoms with E-state index in [9.17, 15) is 4.79 Å². The fourth-order valence-electron chi connectivity index (χ4n) is 2.93. The Morgan fingerprint density at radius 2 is 2.18 bits per heavy atom. The van der Waals surface area contributed by atoms with E-state index in [1.165, 1.54) is 0 Å². The van der Waals surface area contributed by atoms with Gasteiger partial charge < -0.3 is 15.0 Å². The maximum absolute atomic E-state index is 12.4. The van der Waals surface area contributed by atoms with Crippen molar-refractivity contribution in [3.05, 3.63) is 35.8 Å². The topological polar surface area (TPSA) is 67.0 Å². The first kappa shape index (κ1) is 14.6. The molecular formula is C17H21N3O2. The number of hydrogen-bond donors (Lipinski definition) is 2. The van der Waals surface area contributed by atoms with Crippen LogP contribution in [0.4, 0.5) is 0 Å². The number of aromatic nitrogens is 2. The molecule has 0 unspecified atom stereocenters. The molecule has 0 amide bonds. The van der Waals surface area contributed by atoms with E-state index in [4.69, 9.17) is 4.74 Å². The van der Waals surface area contributed by atoms with E-state index in [2.05, 4.69) is 29.1 Å². The van der Waals surface area contributed by atoms with E-state index in [0.29, 0.717) is 5.57 Å². The molecule has 0 saturated carbocycles. The van der Waals surface area contributed by atoms with Gasteiger partial charge in [-0.1, -0.05) is 13.8 Å². The normalized spacial score (nSPS) is 16.7. The van der Waals surface area contributed by atoms with E-state index < -0.39 is 0 Å². The van der Waals surface area contributed by atoms with Crippen LogP contribution >= 0.6 is 0 Å². The van der Waals surface area contributed by atoms with E-state index in [1.54, 1.807) is 12.4 Å². The molecule has 0 aliphatic carbocycles. The minimum atomic E-state index is -0.326. The van der Waals surface area contributed by atoms with Crippen molar-refractivity contribution in [3.63, 3.8) is 0 Å². The van der Waals surface area contributed by atoms with Crippen molar-refractivity contribution in [1.29, 1.82) is 0 Å². The van der Waals surface area contributed by atoms with Gasteiger partial charge in [0.15, 0.2) is 0 Å². The number of esters is 1. The number of H-pyrrole nitrogens is 1. The molecule has 0 radical (unpaired) electrons. The number of pyridine rings is 1. The van der Waals surface area contributed by atoms with Crippen LogP contribution in [0.2, 0.25) is 0 Å². The van der Waals surface area contributed by atoms with E-state index in [1.807, 2.05) is 26.0 Å². The first-order chi connectivity index (χ1) is 10.4. The molecule has 0 fully saturated rings. The van der Waals surface area contributed by atoms with Gasteiger partial charge in [-0.2, -0.15) is 0 Å². The molecule has 0 aromatic carbocycles. The third-order valence-electron chi connectivity index (χ3n) is 3.87.